The van der Waals surface area contributed by atoms with Gasteiger partial charge in [-0.05, 0) is 13.8 Å². The standard InChI is InChI=1S/C9H10ClF3N2O2/c1-4-7(10)5(2)15(14-4)3-6(8(16)17)9(11,12)13/h6H,3H2,1-2H3,(H,16,17). The maximum Gasteiger partial charge on any atom is 0.404 e. The molecular weight excluding hydrogens is 261 g/mol. The van der Waals surface area contributed by atoms with E-state index in [0.29, 0.717) is 11.4 Å². The van der Waals surface area contributed by atoms with Crippen LogP contribution < -0.4 is 0 Å². The Morgan fingerprint density at radius 1 is 1.53 bits per heavy atom. The van der Waals surface area contributed by atoms with Gasteiger partial charge in [0.25, 0.3) is 0 Å². The Bertz CT molecular complexity index is 442. The molecule has 0 spiro atoms. The second kappa shape index (κ2) is 4.56. The normalized spacial score (nSPS) is 13.8. The Balaban J connectivity index is 3.03. The number of halogens is 4. The Kier molecular flexibility index (Phi) is 3.71. The van der Waals surface area contributed by atoms with Gasteiger partial charge in [0.05, 0.1) is 23.0 Å². The molecule has 0 saturated heterocycles. The summed E-state index contributed by atoms with van der Waals surface area (Å²) in [5.74, 6) is -4.42. The molecule has 8 heteroatoms. The average molecular weight is 271 g/mol. The molecule has 0 fully saturated rings. The van der Waals surface area contributed by atoms with Gasteiger partial charge in [0.1, 0.15) is 0 Å². The summed E-state index contributed by atoms with van der Waals surface area (Å²) in [6.07, 6.45) is -4.81. The Morgan fingerprint density at radius 2 is 2.06 bits per heavy atom. The number of carboxylic acid groups (broad SMARTS) is 1. The molecule has 17 heavy (non-hydrogen) atoms. The van der Waals surface area contributed by atoms with Gasteiger partial charge in [0, 0.05) is 0 Å². The van der Waals surface area contributed by atoms with Crippen LogP contribution in [0.15, 0.2) is 0 Å². The zero-order valence-electron chi connectivity index (χ0n) is 9.05. The summed E-state index contributed by atoms with van der Waals surface area (Å²) in [6, 6.07) is 0. The fourth-order valence-electron chi connectivity index (χ4n) is 1.35. The summed E-state index contributed by atoms with van der Waals surface area (Å²) in [5, 5.41) is 12.6. The van der Waals surface area contributed by atoms with Crippen molar-refractivity contribution in [3.63, 3.8) is 0 Å². The molecule has 0 aliphatic carbocycles. The van der Waals surface area contributed by atoms with Crippen LogP contribution in [0.4, 0.5) is 13.2 Å². The quantitative estimate of drug-likeness (QED) is 0.918. The molecule has 0 aliphatic heterocycles. The zero-order valence-corrected chi connectivity index (χ0v) is 9.80. The van der Waals surface area contributed by atoms with Gasteiger partial charge in [-0.25, -0.2) is 0 Å². The Labute approximate surface area is 100.0 Å². The lowest BCUT2D eigenvalue weighted by Gasteiger charge is -2.16. The second-order valence-electron chi connectivity index (χ2n) is 3.60. The van der Waals surface area contributed by atoms with Crippen molar-refractivity contribution in [1.82, 2.24) is 9.78 Å². The lowest BCUT2D eigenvalue weighted by Crippen LogP contribution is -2.34. The molecular formula is C9H10ClF3N2O2. The molecule has 0 amide bonds. The van der Waals surface area contributed by atoms with Crippen LogP contribution in [0.5, 0.6) is 0 Å². The number of alkyl halides is 3. The Hall–Kier alpha value is -1.24. The van der Waals surface area contributed by atoms with Crippen LogP contribution in [0.2, 0.25) is 5.02 Å². The third-order valence-electron chi connectivity index (χ3n) is 2.34. The minimum atomic E-state index is -4.81. The van der Waals surface area contributed by atoms with Crippen molar-refractivity contribution in [1.29, 1.82) is 0 Å². The topological polar surface area (TPSA) is 55.1 Å². The van der Waals surface area contributed by atoms with Crippen LogP contribution in [0, 0.1) is 19.8 Å². The summed E-state index contributed by atoms with van der Waals surface area (Å²) in [4.78, 5) is 10.6. The number of aliphatic carboxylic acids is 1. The van der Waals surface area contributed by atoms with E-state index in [9.17, 15) is 18.0 Å². The van der Waals surface area contributed by atoms with E-state index < -0.39 is 24.6 Å². The average Bonchev–Trinajstić information content (AvgIpc) is 2.40. The SMILES string of the molecule is Cc1nn(CC(C(=O)O)C(F)(F)F)c(C)c1Cl. The number of carboxylic acids is 1. The second-order valence-corrected chi connectivity index (χ2v) is 3.98. The van der Waals surface area contributed by atoms with Gasteiger partial charge < -0.3 is 5.11 Å². The zero-order chi connectivity index (χ0) is 13.4. The van der Waals surface area contributed by atoms with E-state index in [-0.39, 0.29) is 5.02 Å². The molecule has 96 valence electrons. The summed E-state index contributed by atoms with van der Waals surface area (Å²) >= 11 is 5.76. The van der Waals surface area contributed by atoms with E-state index >= 15 is 0 Å². The smallest absolute Gasteiger partial charge is 0.404 e. The monoisotopic (exact) mass is 270 g/mol. The number of hydrogen-bond donors (Lipinski definition) is 1. The first-order valence-electron chi connectivity index (χ1n) is 4.63. The summed E-state index contributed by atoms with van der Waals surface area (Å²) in [7, 11) is 0. The summed E-state index contributed by atoms with van der Waals surface area (Å²) in [5.41, 5.74) is 0.690. The number of nitrogens with zero attached hydrogens (tertiary/aromatic N) is 2. The van der Waals surface area contributed by atoms with Crippen LogP contribution in [0.3, 0.4) is 0 Å². The van der Waals surface area contributed by atoms with Crippen LogP contribution >= 0.6 is 11.6 Å². The molecule has 4 nitrogen and oxygen atoms in total. The molecule has 1 N–H and O–H groups in total. The Morgan fingerprint density at radius 3 is 2.35 bits per heavy atom. The molecule has 0 saturated carbocycles. The molecule has 1 heterocycles. The third-order valence-corrected chi connectivity index (χ3v) is 2.89. The molecule has 1 atom stereocenters. The van der Waals surface area contributed by atoms with E-state index in [1.165, 1.54) is 13.8 Å². The van der Waals surface area contributed by atoms with Gasteiger partial charge in [-0.3, -0.25) is 9.48 Å². The fourth-order valence-corrected chi connectivity index (χ4v) is 1.48. The van der Waals surface area contributed by atoms with Gasteiger partial charge in [0.2, 0.25) is 0 Å². The van der Waals surface area contributed by atoms with Gasteiger partial charge in [-0.15, -0.1) is 0 Å². The van der Waals surface area contributed by atoms with Crippen molar-refractivity contribution >= 4 is 17.6 Å². The molecule has 0 bridgehead atoms. The first-order chi connectivity index (χ1) is 7.64. The minimum Gasteiger partial charge on any atom is -0.481 e. The minimum absolute atomic E-state index is 0.247. The number of carbonyl (C=O) groups is 1. The van der Waals surface area contributed by atoms with Gasteiger partial charge >= 0.3 is 12.1 Å². The highest BCUT2D eigenvalue weighted by Gasteiger charge is 2.45. The van der Waals surface area contributed by atoms with Crippen molar-refractivity contribution in [3.8, 4) is 0 Å². The van der Waals surface area contributed by atoms with E-state index in [4.69, 9.17) is 16.7 Å². The molecule has 0 aliphatic rings. The molecule has 1 aromatic heterocycles. The molecule has 0 radical (unpaired) electrons. The van der Waals surface area contributed by atoms with E-state index in [1.807, 2.05) is 0 Å². The fraction of sp³-hybridized carbons (Fsp3) is 0.556. The maximum atomic E-state index is 12.4. The van der Waals surface area contributed by atoms with Crippen molar-refractivity contribution in [2.24, 2.45) is 5.92 Å². The maximum absolute atomic E-state index is 12.4. The number of hydrogen-bond acceptors (Lipinski definition) is 2. The number of aromatic nitrogens is 2. The predicted octanol–water partition coefficient (Wildman–Crippen LogP) is 2.42. The number of rotatable bonds is 3. The lowest BCUT2D eigenvalue weighted by molar-refractivity contribution is -0.196. The predicted molar refractivity (Wildman–Crippen MR) is 53.9 cm³/mol. The van der Waals surface area contributed by atoms with Gasteiger partial charge in [-0.2, -0.15) is 18.3 Å². The van der Waals surface area contributed by atoms with Crippen molar-refractivity contribution < 1.29 is 23.1 Å². The first-order valence-corrected chi connectivity index (χ1v) is 5.01. The van der Waals surface area contributed by atoms with E-state index in [2.05, 4.69) is 5.10 Å². The third kappa shape index (κ3) is 2.91. The first kappa shape index (κ1) is 13.8. The molecule has 1 unspecified atom stereocenters. The summed E-state index contributed by atoms with van der Waals surface area (Å²) < 4.78 is 38.3. The highest BCUT2D eigenvalue weighted by molar-refractivity contribution is 6.31. The van der Waals surface area contributed by atoms with Crippen molar-refractivity contribution in [2.45, 2.75) is 26.6 Å². The number of aryl methyl sites for hydroxylation is 1. The lowest BCUT2D eigenvalue weighted by atomic mass is 10.1. The molecule has 0 aromatic carbocycles. The largest absolute Gasteiger partial charge is 0.481 e. The highest BCUT2D eigenvalue weighted by atomic mass is 35.5. The van der Waals surface area contributed by atoms with Gasteiger partial charge in [-0.1, -0.05) is 11.6 Å². The van der Waals surface area contributed by atoms with Crippen molar-refractivity contribution in [2.75, 3.05) is 0 Å². The molecule has 1 rings (SSSR count). The summed E-state index contributed by atoms with van der Waals surface area (Å²) in [6.45, 7) is 2.24. The van der Waals surface area contributed by atoms with Gasteiger partial charge in [0.15, 0.2) is 5.92 Å². The van der Waals surface area contributed by atoms with Crippen LogP contribution in [0.1, 0.15) is 11.4 Å². The van der Waals surface area contributed by atoms with Crippen LogP contribution in [-0.2, 0) is 11.3 Å². The van der Waals surface area contributed by atoms with E-state index in [1.54, 1.807) is 0 Å². The van der Waals surface area contributed by atoms with Crippen molar-refractivity contribution in [3.05, 3.63) is 16.4 Å². The van der Waals surface area contributed by atoms with Crippen LogP contribution in [-0.4, -0.2) is 27.0 Å². The molecule has 1 aromatic rings. The van der Waals surface area contributed by atoms with Crippen LogP contribution in [0.25, 0.3) is 0 Å². The van der Waals surface area contributed by atoms with E-state index in [0.717, 1.165) is 4.68 Å². The highest BCUT2D eigenvalue weighted by Crippen LogP contribution is 2.29.